The molecule has 3 aromatic rings. The summed E-state index contributed by atoms with van der Waals surface area (Å²) in [5.41, 5.74) is 1.18. The van der Waals surface area contributed by atoms with Gasteiger partial charge in [-0.05, 0) is 29.8 Å². The van der Waals surface area contributed by atoms with E-state index >= 15 is 0 Å². The minimum atomic E-state index is 1.15. The first kappa shape index (κ1) is 17.8. The molecule has 1 heterocycles. The predicted molar refractivity (Wildman–Crippen MR) is 103 cm³/mol. The zero-order valence-corrected chi connectivity index (χ0v) is 14.4. The van der Waals surface area contributed by atoms with Gasteiger partial charge in [0.15, 0.2) is 0 Å². The van der Waals surface area contributed by atoms with Crippen LogP contribution < -0.4 is 10.6 Å². The monoisotopic (exact) mass is 293 g/mol. The molecule has 1 N–H and O–H groups in total. The lowest BCUT2D eigenvalue weighted by atomic mass is 10.1. The number of aromatic nitrogens is 1. The Morgan fingerprint density at radius 3 is 2.09 bits per heavy atom. The van der Waals surface area contributed by atoms with Crippen molar-refractivity contribution in [3.8, 4) is 0 Å². The maximum Gasteiger partial charge on any atom is 0.0471 e. The first-order valence-electron chi connectivity index (χ1n) is 8.13. The van der Waals surface area contributed by atoms with Crippen LogP contribution in [0.2, 0.25) is 0 Å². The van der Waals surface area contributed by atoms with Crippen molar-refractivity contribution >= 4 is 33.8 Å². The molecule has 0 fully saturated rings. The van der Waals surface area contributed by atoms with Crippen LogP contribution in [0.4, 0.5) is 0 Å². The second-order valence-electron chi connectivity index (χ2n) is 4.39. The van der Waals surface area contributed by atoms with Gasteiger partial charge in [-0.1, -0.05) is 76.8 Å². The molecule has 0 radical (unpaired) electrons. The van der Waals surface area contributed by atoms with Gasteiger partial charge >= 0.3 is 0 Å². The van der Waals surface area contributed by atoms with E-state index in [1.54, 1.807) is 0 Å². The molecule has 116 valence electrons. The molecule has 1 heteroatoms. The second kappa shape index (κ2) is 8.89. The van der Waals surface area contributed by atoms with Crippen molar-refractivity contribution in [2.24, 2.45) is 0 Å². The van der Waals surface area contributed by atoms with Gasteiger partial charge < -0.3 is 4.98 Å². The summed E-state index contributed by atoms with van der Waals surface area (Å²) in [7, 11) is 0. The number of rotatable bonds is 1. The Hall–Kier alpha value is -2.28. The molecule has 0 aliphatic heterocycles. The molecule has 1 nitrogen and oxygen atoms in total. The summed E-state index contributed by atoms with van der Waals surface area (Å²) >= 11 is 0. The highest BCUT2D eigenvalue weighted by molar-refractivity contribution is 5.97. The van der Waals surface area contributed by atoms with Crippen molar-refractivity contribution in [2.75, 3.05) is 0 Å². The highest BCUT2D eigenvalue weighted by atomic mass is 14.7. The number of H-pyrrole nitrogens is 1. The molecule has 0 atom stereocenters. The topological polar surface area (TPSA) is 15.8 Å². The first-order chi connectivity index (χ1) is 10.8. The van der Waals surface area contributed by atoms with Gasteiger partial charge in [-0.3, -0.25) is 0 Å². The summed E-state index contributed by atoms with van der Waals surface area (Å²) in [4.78, 5) is 3.46. The van der Waals surface area contributed by atoms with Crippen LogP contribution in [0, 0.1) is 0 Å². The first-order valence-corrected chi connectivity index (χ1v) is 8.13. The van der Waals surface area contributed by atoms with Gasteiger partial charge in [0, 0.05) is 21.5 Å². The number of allylic oxidation sites excluding steroid dienone is 1. The number of benzene rings is 2. The summed E-state index contributed by atoms with van der Waals surface area (Å²) in [5, 5.41) is 6.15. The maximum atomic E-state index is 3.80. The number of hydrogen-bond acceptors (Lipinski definition) is 0. The maximum absolute atomic E-state index is 3.80. The van der Waals surface area contributed by atoms with Gasteiger partial charge in [0.25, 0.3) is 0 Å². The number of hydrogen-bond donors (Lipinski definition) is 1. The average molecular weight is 293 g/mol. The van der Waals surface area contributed by atoms with Crippen molar-refractivity contribution in [1.29, 1.82) is 0 Å². The smallest absolute Gasteiger partial charge is 0.0471 e. The van der Waals surface area contributed by atoms with Gasteiger partial charge in [0.2, 0.25) is 0 Å². The molecule has 0 amide bonds. The third kappa shape index (κ3) is 3.48. The van der Waals surface area contributed by atoms with E-state index in [9.17, 15) is 0 Å². The highest BCUT2D eigenvalue weighted by Gasteiger charge is 2.01. The summed E-state index contributed by atoms with van der Waals surface area (Å²) in [6.07, 6.45) is 5.99. The summed E-state index contributed by atoms with van der Waals surface area (Å²) in [6, 6.07) is 12.9. The van der Waals surface area contributed by atoms with Crippen LogP contribution in [0.15, 0.2) is 49.1 Å². The lowest BCUT2D eigenvalue weighted by Gasteiger charge is -1.97. The Bertz CT molecular complexity index is 851. The van der Waals surface area contributed by atoms with E-state index in [2.05, 4.69) is 60.1 Å². The average Bonchev–Trinajstić information content (AvgIpc) is 2.94. The van der Waals surface area contributed by atoms with E-state index in [1.165, 1.54) is 26.9 Å². The molecule has 22 heavy (non-hydrogen) atoms. The Balaban J connectivity index is 0.000000561. The second-order valence-corrected chi connectivity index (χ2v) is 4.39. The van der Waals surface area contributed by atoms with Crippen LogP contribution in [0.3, 0.4) is 0 Å². The summed E-state index contributed by atoms with van der Waals surface area (Å²) in [6.45, 7) is 13.8. The third-order valence-corrected chi connectivity index (χ3v) is 3.31. The Labute approximate surface area is 133 Å². The lowest BCUT2D eigenvalue weighted by Crippen LogP contribution is -2.21. The van der Waals surface area contributed by atoms with E-state index in [1.807, 2.05) is 40.7 Å². The van der Waals surface area contributed by atoms with E-state index in [0.29, 0.717) is 0 Å². The minimum Gasteiger partial charge on any atom is -0.355 e. The normalized spacial score (nSPS) is 11.7. The fraction of sp³-hybridized carbons (Fsp3) is 0.238. The van der Waals surface area contributed by atoms with Crippen molar-refractivity contribution in [3.63, 3.8) is 0 Å². The van der Waals surface area contributed by atoms with Crippen LogP contribution in [0.5, 0.6) is 0 Å². The predicted octanol–water partition coefficient (Wildman–Crippen LogP) is 5.14. The number of fused-ring (bicyclic) bond motifs is 2. The molecule has 0 aliphatic rings. The standard InChI is InChI=1S/C17H15N.2C2H6/c1-3-7-14-15-10-12-8-5-6-9-13(12)11-17(15)18-16(14)4-2;2*1-2/h3-11,18H,1H2,2H3;2*1-2H3/b14-7-,16-4+;;. The number of nitrogens with one attached hydrogen (secondary N) is 1. The molecule has 0 aliphatic carbocycles. The highest BCUT2D eigenvalue weighted by Crippen LogP contribution is 2.18. The van der Waals surface area contributed by atoms with E-state index in [-0.39, 0.29) is 0 Å². The Morgan fingerprint density at radius 2 is 1.55 bits per heavy atom. The summed E-state index contributed by atoms with van der Waals surface area (Å²) < 4.78 is 0. The molecule has 3 rings (SSSR count). The lowest BCUT2D eigenvalue weighted by molar-refractivity contribution is 1.35. The Kier molecular flexibility index (Phi) is 7.18. The van der Waals surface area contributed by atoms with Crippen LogP contribution in [-0.2, 0) is 0 Å². The van der Waals surface area contributed by atoms with Crippen LogP contribution in [0.1, 0.15) is 34.6 Å². The van der Waals surface area contributed by atoms with Gasteiger partial charge in [0.1, 0.15) is 0 Å². The molecular formula is C21H27N. The SMILES string of the molecule is C=C/C=c1\c(=C/C)[nH]c2cc3ccccc3cc12.CC.CC. The fourth-order valence-corrected chi connectivity index (χ4v) is 2.45. The molecule has 0 bridgehead atoms. The van der Waals surface area contributed by atoms with Crippen molar-refractivity contribution in [3.05, 3.63) is 59.6 Å². The number of aromatic amines is 1. The third-order valence-electron chi connectivity index (χ3n) is 3.31. The molecular weight excluding hydrogens is 266 g/mol. The molecule has 0 saturated heterocycles. The summed E-state index contributed by atoms with van der Waals surface area (Å²) in [5.74, 6) is 0. The molecule has 2 aromatic carbocycles. The molecule has 0 saturated carbocycles. The zero-order chi connectivity index (χ0) is 16.5. The quantitative estimate of drug-likeness (QED) is 0.639. The van der Waals surface area contributed by atoms with Gasteiger partial charge in [0.05, 0.1) is 0 Å². The molecule has 0 unspecified atom stereocenters. The fourth-order valence-electron chi connectivity index (χ4n) is 2.45. The van der Waals surface area contributed by atoms with E-state index in [0.717, 1.165) is 5.35 Å². The van der Waals surface area contributed by atoms with Gasteiger partial charge in [-0.2, -0.15) is 0 Å². The zero-order valence-electron chi connectivity index (χ0n) is 14.4. The largest absolute Gasteiger partial charge is 0.355 e. The van der Waals surface area contributed by atoms with Crippen LogP contribution in [-0.4, -0.2) is 4.98 Å². The molecule has 1 aromatic heterocycles. The van der Waals surface area contributed by atoms with E-state index < -0.39 is 0 Å². The van der Waals surface area contributed by atoms with Gasteiger partial charge in [-0.15, -0.1) is 0 Å². The van der Waals surface area contributed by atoms with E-state index in [4.69, 9.17) is 0 Å². The molecule has 0 spiro atoms. The minimum absolute atomic E-state index is 1.15. The van der Waals surface area contributed by atoms with Crippen molar-refractivity contribution < 1.29 is 0 Å². The Morgan fingerprint density at radius 1 is 0.955 bits per heavy atom. The van der Waals surface area contributed by atoms with Crippen LogP contribution in [0.25, 0.3) is 33.8 Å². The van der Waals surface area contributed by atoms with Crippen molar-refractivity contribution in [1.82, 2.24) is 4.98 Å². The van der Waals surface area contributed by atoms with Gasteiger partial charge in [-0.25, -0.2) is 0 Å². The van der Waals surface area contributed by atoms with Crippen LogP contribution >= 0.6 is 0 Å². The van der Waals surface area contributed by atoms with Crippen molar-refractivity contribution in [2.45, 2.75) is 34.6 Å².